The molecule has 0 aliphatic heterocycles. The van der Waals surface area contributed by atoms with Crippen LogP contribution >= 0.6 is 0 Å². The van der Waals surface area contributed by atoms with E-state index in [-0.39, 0.29) is 35.9 Å². The summed E-state index contributed by atoms with van der Waals surface area (Å²) in [5, 5.41) is 25.8. The molecule has 0 saturated carbocycles. The molecular formula is C10H17N5O3. The fraction of sp³-hybridized carbons (Fsp3) is 0.600. The van der Waals surface area contributed by atoms with E-state index in [2.05, 4.69) is 20.6 Å². The minimum atomic E-state index is -0.553. The molecule has 100 valence electrons. The number of anilines is 2. The van der Waals surface area contributed by atoms with Crippen molar-refractivity contribution in [1.82, 2.24) is 9.97 Å². The van der Waals surface area contributed by atoms with Crippen LogP contribution in [0.1, 0.15) is 13.8 Å². The molecule has 0 radical (unpaired) electrons. The number of hydrogen-bond donors (Lipinski definition) is 3. The number of nitrogens with one attached hydrogen (secondary N) is 2. The lowest BCUT2D eigenvalue weighted by atomic mass is 10.1. The minimum Gasteiger partial charge on any atom is -0.394 e. The standard InChI is InChI=1S/C10H17N5O3/c1-6(2)7(4-16)14-10-8(15(17)18)9(11-3)12-5-13-10/h5-7,16H,4H2,1-3H3,(H2,11,12,13,14)/t7-/m1/s1. The third kappa shape index (κ3) is 3.04. The minimum absolute atomic E-state index is 0.104. The molecule has 0 amide bonds. The Morgan fingerprint density at radius 1 is 1.44 bits per heavy atom. The van der Waals surface area contributed by atoms with Crippen LogP contribution in [0.15, 0.2) is 6.33 Å². The van der Waals surface area contributed by atoms with Gasteiger partial charge in [0.05, 0.1) is 17.6 Å². The van der Waals surface area contributed by atoms with Crippen molar-refractivity contribution in [2.45, 2.75) is 19.9 Å². The molecule has 0 unspecified atom stereocenters. The van der Waals surface area contributed by atoms with Crippen LogP contribution in [0.3, 0.4) is 0 Å². The van der Waals surface area contributed by atoms with Crippen molar-refractivity contribution in [3.8, 4) is 0 Å². The fourth-order valence-electron chi connectivity index (χ4n) is 1.44. The van der Waals surface area contributed by atoms with Crippen LogP contribution < -0.4 is 10.6 Å². The van der Waals surface area contributed by atoms with E-state index in [1.807, 2.05) is 13.8 Å². The second-order valence-corrected chi connectivity index (χ2v) is 4.10. The number of aliphatic hydroxyl groups is 1. The van der Waals surface area contributed by atoms with E-state index in [0.717, 1.165) is 0 Å². The van der Waals surface area contributed by atoms with E-state index in [1.54, 1.807) is 7.05 Å². The van der Waals surface area contributed by atoms with Gasteiger partial charge < -0.3 is 15.7 Å². The maximum atomic E-state index is 11.0. The van der Waals surface area contributed by atoms with E-state index < -0.39 is 4.92 Å². The summed E-state index contributed by atoms with van der Waals surface area (Å²) in [4.78, 5) is 18.1. The van der Waals surface area contributed by atoms with E-state index in [0.29, 0.717) is 0 Å². The second kappa shape index (κ2) is 6.10. The zero-order chi connectivity index (χ0) is 13.7. The predicted octanol–water partition coefficient (Wildman–Crippen LogP) is 0.855. The first-order valence-corrected chi connectivity index (χ1v) is 5.55. The second-order valence-electron chi connectivity index (χ2n) is 4.10. The molecule has 0 bridgehead atoms. The molecule has 1 atom stereocenters. The molecule has 18 heavy (non-hydrogen) atoms. The molecular weight excluding hydrogens is 238 g/mol. The van der Waals surface area contributed by atoms with Crippen LogP contribution in [0, 0.1) is 16.0 Å². The lowest BCUT2D eigenvalue weighted by Gasteiger charge is -2.20. The van der Waals surface area contributed by atoms with Crippen molar-refractivity contribution in [1.29, 1.82) is 0 Å². The molecule has 0 saturated heterocycles. The van der Waals surface area contributed by atoms with Crippen molar-refractivity contribution in [3.05, 3.63) is 16.4 Å². The van der Waals surface area contributed by atoms with Gasteiger partial charge in [0.25, 0.3) is 0 Å². The van der Waals surface area contributed by atoms with Crippen LogP contribution in [-0.2, 0) is 0 Å². The Hall–Kier alpha value is -1.96. The topological polar surface area (TPSA) is 113 Å². The van der Waals surface area contributed by atoms with Gasteiger partial charge in [0, 0.05) is 7.05 Å². The lowest BCUT2D eigenvalue weighted by Crippen LogP contribution is -2.30. The van der Waals surface area contributed by atoms with Crippen molar-refractivity contribution in [2.24, 2.45) is 5.92 Å². The first kappa shape index (κ1) is 14.1. The monoisotopic (exact) mass is 255 g/mol. The van der Waals surface area contributed by atoms with Gasteiger partial charge in [-0.1, -0.05) is 13.8 Å². The summed E-state index contributed by atoms with van der Waals surface area (Å²) in [6.45, 7) is 3.67. The molecule has 0 aromatic carbocycles. The number of aromatic nitrogens is 2. The number of rotatable bonds is 6. The first-order chi connectivity index (χ1) is 8.51. The van der Waals surface area contributed by atoms with E-state index in [4.69, 9.17) is 0 Å². The van der Waals surface area contributed by atoms with Crippen LogP contribution in [-0.4, -0.2) is 39.7 Å². The Balaban J connectivity index is 3.12. The van der Waals surface area contributed by atoms with E-state index >= 15 is 0 Å². The highest BCUT2D eigenvalue weighted by molar-refractivity contribution is 5.69. The number of aliphatic hydroxyl groups excluding tert-OH is 1. The Labute approximate surface area is 105 Å². The zero-order valence-electron chi connectivity index (χ0n) is 10.5. The summed E-state index contributed by atoms with van der Waals surface area (Å²) in [6, 6.07) is -0.302. The molecule has 0 spiro atoms. The highest BCUT2D eigenvalue weighted by Gasteiger charge is 2.24. The first-order valence-electron chi connectivity index (χ1n) is 5.55. The van der Waals surface area contributed by atoms with Gasteiger partial charge in [0.2, 0.25) is 11.6 Å². The summed E-state index contributed by atoms with van der Waals surface area (Å²) in [5.41, 5.74) is -0.223. The van der Waals surface area contributed by atoms with Crippen LogP contribution in [0.5, 0.6) is 0 Å². The molecule has 1 rings (SSSR count). The van der Waals surface area contributed by atoms with E-state index in [1.165, 1.54) is 6.33 Å². The summed E-state index contributed by atoms with van der Waals surface area (Å²) < 4.78 is 0. The third-order valence-electron chi connectivity index (χ3n) is 2.57. The largest absolute Gasteiger partial charge is 0.394 e. The molecule has 0 aliphatic carbocycles. The van der Waals surface area contributed by atoms with Gasteiger partial charge in [-0.05, 0) is 5.92 Å². The van der Waals surface area contributed by atoms with Gasteiger partial charge in [-0.2, -0.15) is 0 Å². The van der Waals surface area contributed by atoms with E-state index in [9.17, 15) is 15.2 Å². The van der Waals surface area contributed by atoms with Crippen LogP contribution in [0.4, 0.5) is 17.3 Å². The van der Waals surface area contributed by atoms with Crippen LogP contribution in [0.25, 0.3) is 0 Å². The highest BCUT2D eigenvalue weighted by Crippen LogP contribution is 2.29. The van der Waals surface area contributed by atoms with Gasteiger partial charge in [0.15, 0.2) is 0 Å². The van der Waals surface area contributed by atoms with Crippen molar-refractivity contribution >= 4 is 17.3 Å². The summed E-state index contributed by atoms with van der Waals surface area (Å²) >= 11 is 0. The van der Waals surface area contributed by atoms with Gasteiger partial charge in [-0.15, -0.1) is 0 Å². The molecule has 1 heterocycles. The molecule has 8 nitrogen and oxygen atoms in total. The maximum absolute atomic E-state index is 11.0. The molecule has 0 fully saturated rings. The number of nitrogens with zero attached hydrogens (tertiary/aromatic N) is 3. The Morgan fingerprint density at radius 2 is 2.06 bits per heavy atom. The summed E-state index contributed by atoms with van der Waals surface area (Å²) in [6.07, 6.45) is 1.23. The number of nitro groups is 1. The molecule has 1 aromatic heterocycles. The number of hydrogen-bond acceptors (Lipinski definition) is 7. The summed E-state index contributed by atoms with van der Waals surface area (Å²) in [7, 11) is 1.55. The predicted molar refractivity (Wildman–Crippen MR) is 67.6 cm³/mol. The molecule has 3 N–H and O–H groups in total. The lowest BCUT2D eigenvalue weighted by molar-refractivity contribution is -0.383. The Kier molecular flexibility index (Phi) is 4.78. The summed E-state index contributed by atoms with van der Waals surface area (Å²) in [5.74, 6) is 0.354. The molecule has 0 aliphatic rings. The Bertz CT molecular complexity index is 424. The zero-order valence-corrected chi connectivity index (χ0v) is 10.5. The average molecular weight is 255 g/mol. The highest BCUT2D eigenvalue weighted by atomic mass is 16.6. The average Bonchev–Trinajstić information content (AvgIpc) is 2.34. The fourth-order valence-corrected chi connectivity index (χ4v) is 1.44. The molecule has 8 heteroatoms. The SMILES string of the molecule is CNc1ncnc(N[C@H](CO)C(C)C)c1[N+](=O)[O-]. The van der Waals surface area contributed by atoms with Crippen LogP contribution in [0.2, 0.25) is 0 Å². The normalized spacial score (nSPS) is 12.3. The molecule has 1 aromatic rings. The van der Waals surface area contributed by atoms with Gasteiger partial charge in [-0.3, -0.25) is 10.1 Å². The third-order valence-corrected chi connectivity index (χ3v) is 2.57. The maximum Gasteiger partial charge on any atom is 0.353 e. The smallest absolute Gasteiger partial charge is 0.353 e. The quantitative estimate of drug-likeness (QED) is 0.510. The van der Waals surface area contributed by atoms with Crippen molar-refractivity contribution in [2.75, 3.05) is 24.3 Å². The van der Waals surface area contributed by atoms with Gasteiger partial charge >= 0.3 is 5.69 Å². The van der Waals surface area contributed by atoms with Gasteiger partial charge in [0.1, 0.15) is 6.33 Å². The Morgan fingerprint density at radius 3 is 2.50 bits per heavy atom. The van der Waals surface area contributed by atoms with Gasteiger partial charge in [-0.25, -0.2) is 9.97 Å². The van der Waals surface area contributed by atoms with Crippen molar-refractivity contribution in [3.63, 3.8) is 0 Å². The van der Waals surface area contributed by atoms with Crippen molar-refractivity contribution < 1.29 is 10.0 Å².